The van der Waals surface area contributed by atoms with Crippen molar-refractivity contribution in [3.63, 3.8) is 0 Å². The molecule has 2 unspecified atom stereocenters. The molecule has 0 saturated heterocycles. The van der Waals surface area contributed by atoms with Gasteiger partial charge in [-0.15, -0.1) is 0 Å². The average Bonchev–Trinajstić information content (AvgIpc) is 2.91. The third-order valence-corrected chi connectivity index (χ3v) is 6.85. The molecule has 0 aromatic rings. The number of hydrogen-bond acceptors (Lipinski definition) is 6. The van der Waals surface area contributed by atoms with Crippen molar-refractivity contribution >= 4 is 17.9 Å². The fourth-order valence-electron chi connectivity index (χ4n) is 4.35. The maximum atomic E-state index is 12.3. The van der Waals surface area contributed by atoms with Gasteiger partial charge >= 0.3 is 17.9 Å². The van der Waals surface area contributed by atoms with E-state index in [2.05, 4.69) is 43.4 Å². The van der Waals surface area contributed by atoms with Crippen LogP contribution in [0, 0.1) is 0 Å². The molecule has 42 heavy (non-hydrogen) atoms. The smallest absolute Gasteiger partial charge is 0.362 e. The minimum atomic E-state index is -0.888. The Hall–Kier alpha value is -2.45. The van der Waals surface area contributed by atoms with E-state index in [4.69, 9.17) is 14.2 Å². The number of rotatable bonds is 27. The minimum Gasteiger partial charge on any atom is -0.477 e. The Bertz CT molecular complexity index is 798. The summed E-state index contributed by atoms with van der Waals surface area (Å²) in [6.45, 7) is 3.69. The number of hydrogen-bond donors (Lipinski definition) is 1. The molecule has 0 aliphatic heterocycles. The van der Waals surface area contributed by atoms with E-state index in [0.717, 1.165) is 44.9 Å². The first kappa shape index (κ1) is 39.5. The van der Waals surface area contributed by atoms with Crippen LogP contribution < -0.4 is 0 Å². The lowest BCUT2D eigenvalue weighted by atomic mass is 10.1. The lowest BCUT2D eigenvalue weighted by Gasteiger charge is -2.31. The molecule has 0 saturated carbocycles. The Morgan fingerprint density at radius 3 is 1.86 bits per heavy atom. The lowest BCUT2D eigenvalue weighted by molar-refractivity contribution is -0.887. The molecule has 0 aliphatic rings. The molecule has 0 heterocycles. The van der Waals surface area contributed by atoms with Crippen LogP contribution in [-0.2, 0) is 28.6 Å². The second kappa shape index (κ2) is 26.2. The molecular weight excluding hydrogens is 534 g/mol. The van der Waals surface area contributed by atoms with Crippen molar-refractivity contribution in [3.8, 4) is 0 Å². The van der Waals surface area contributed by atoms with Crippen LogP contribution in [0.4, 0.5) is 0 Å². The Kier molecular flexibility index (Phi) is 24.7. The molecule has 0 rings (SSSR count). The van der Waals surface area contributed by atoms with Crippen molar-refractivity contribution in [2.45, 2.75) is 122 Å². The standard InChI is InChI=1S/C34H59NO7/c1-6-7-8-9-10-11-12-13-14-15-16-17-18-19-20-21-22-23-24-25-33(37)42-31(29-41-30(2)36)28-40-27-26-32(34(38)39)35(3,4)5/h10-11,13-14,16-17,31-32H,6-9,12,15,18-29H2,1-5H3/p+1/b11-10-,14-13-,17-16-. The van der Waals surface area contributed by atoms with E-state index < -0.39 is 24.1 Å². The van der Waals surface area contributed by atoms with Gasteiger partial charge in [0.15, 0.2) is 12.1 Å². The quantitative estimate of drug-likeness (QED) is 0.0465. The van der Waals surface area contributed by atoms with Crippen molar-refractivity contribution in [1.82, 2.24) is 0 Å². The molecule has 0 bridgehead atoms. The summed E-state index contributed by atoms with van der Waals surface area (Å²) in [5, 5.41) is 9.43. The van der Waals surface area contributed by atoms with Crippen LogP contribution in [0.25, 0.3) is 0 Å². The zero-order valence-electron chi connectivity index (χ0n) is 27.2. The van der Waals surface area contributed by atoms with E-state index in [0.29, 0.717) is 12.8 Å². The number of aliphatic carboxylic acids is 1. The predicted octanol–water partition coefficient (Wildman–Crippen LogP) is 7.18. The van der Waals surface area contributed by atoms with Gasteiger partial charge in [-0.3, -0.25) is 9.59 Å². The molecule has 0 radical (unpaired) electrons. The van der Waals surface area contributed by atoms with Crippen LogP contribution in [0.5, 0.6) is 0 Å². The van der Waals surface area contributed by atoms with Crippen LogP contribution in [0.1, 0.15) is 110 Å². The maximum Gasteiger partial charge on any atom is 0.362 e. The Morgan fingerprint density at radius 1 is 0.762 bits per heavy atom. The second-order valence-electron chi connectivity index (χ2n) is 11.8. The molecule has 8 heteroatoms. The third-order valence-electron chi connectivity index (χ3n) is 6.85. The van der Waals surface area contributed by atoms with Crippen LogP contribution >= 0.6 is 0 Å². The lowest BCUT2D eigenvalue weighted by Crippen LogP contribution is -2.50. The summed E-state index contributed by atoms with van der Waals surface area (Å²) in [4.78, 5) is 35.0. The molecule has 0 aromatic heterocycles. The molecule has 2 atom stereocenters. The summed E-state index contributed by atoms with van der Waals surface area (Å²) in [7, 11) is 5.45. The van der Waals surface area contributed by atoms with Gasteiger partial charge in [0.05, 0.1) is 34.4 Å². The molecule has 0 amide bonds. The van der Waals surface area contributed by atoms with Crippen molar-refractivity contribution in [2.24, 2.45) is 0 Å². The fraction of sp³-hybridized carbons (Fsp3) is 0.735. The third kappa shape index (κ3) is 25.3. The Labute approximate surface area is 255 Å². The molecule has 0 aromatic carbocycles. The van der Waals surface area contributed by atoms with Gasteiger partial charge in [0, 0.05) is 19.8 Å². The number of nitrogens with zero attached hydrogens (tertiary/aromatic N) is 1. The van der Waals surface area contributed by atoms with Crippen molar-refractivity contribution in [3.05, 3.63) is 36.5 Å². The number of likely N-dealkylation sites (N-methyl/N-ethyl adjacent to an activating group) is 1. The van der Waals surface area contributed by atoms with E-state index in [1.165, 1.54) is 45.4 Å². The minimum absolute atomic E-state index is 0.0454. The molecule has 0 aliphatic carbocycles. The normalized spacial score (nSPS) is 13.6. The number of quaternary nitrogens is 1. The van der Waals surface area contributed by atoms with Crippen molar-refractivity contribution < 1.29 is 38.2 Å². The van der Waals surface area contributed by atoms with E-state index >= 15 is 0 Å². The van der Waals surface area contributed by atoms with Crippen LogP contribution in [0.3, 0.4) is 0 Å². The highest BCUT2D eigenvalue weighted by Gasteiger charge is 2.31. The van der Waals surface area contributed by atoms with E-state index in [1.54, 1.807) is 0 Å². The molecular formula is C34H60NO7+. The average molecular weight is 595 g/mol. The Balaban J connectivity index is 3.98. The maximum absolute atomic E-state index is 12.3. The summed E-state index contributed by atoms with van der Waals surface area (Å²) in [6.07, 6.45) is 28.0. The summed E-state index contributed by atoms with van der Waals surface area (Å²) in [5.41, 5.74) is 0. The second-order valence-corrected chi connectivity index (χ2v) is 11.8. The van der Waals surface area contributed by atoms with E-state index in [9.17, 15) is 19.5 Å². The van der Waals surface area contributed by atoms with Crippen LogP contribution in [-0.4, -0.2) is 80.6 Å². The summed E-state index contributed by atoms with van der Waals surface area (Å²) in [6, 6.07) is -0.610. The highest BCUT2D eigenvalue weighted by atomic mass is 16.6. The van der Waals surface area contributed by atoms with Gasteiger partial charge in [-0.2, -0.15) is 0 Å². The number of unbranched alkanes of at least 4 members (excludes halogenated alkanes) is 9. The largest absolute Gasteiger partial charge is 0.477 e. The van der Waals surface area contributed by atoms with Gasteiger partial charge in [-0.25, -0.2) is 4.79 Å². The molecule has 0 fully saturated rings. The number of ether oxygens (including phenoxy) is 3. The van der Waals surface area contributed by atoms with Gasteiger partial charge < -0.3 is 23.8 Å². The molecule has 1 N–H and O–H groups in total. The zero-order valence-corrected chi connectivity index (χ0v) is 27.2. The van der Waals surface area contributed by atoms with E-state index in [1.807, 2.05) is 21.1 Å². The van der Waals surface area contributed by atoms with Gasteiger partial charge in [0.1, 0.15) is 6.61 Å². The number of carbonyl (C=O) groups is 3. The highest BCUT2D eigenvalue weighted by Crippen LogP contribution is 2.12. The van der Waals surface area contributed by atoms with E-state index in [-0.39, 0.29) is 30.3 Å². The van der Waals surface area contributed by atoms with Crippen molar-refractivity contribution in [1.29, 1.82) is 0 Å². The van der Waals surface area contributed by atoms with Crippen LogP contribution in [0.2, 0.25) is 0 Å². The first-order valence-corrected chi connectivity index (χ1v) is 16.0. The van der Waals surface area contributed by atoms with Gasteiger partial charge in [-0.1, -0.05) is 81.9 Å². The van der Waals surface area contributed by atoms with Gasteiger partial charge in [-0.05, 0) is 44.9 Å². The molecule has 242 valence electrons. The zero-order chi connectivity index (χ0) is 31.5. The summed E-state index contributed by atoms with van der Waals surface area (Å²) in [5.74, 6) is -1.69. The summed E-state index contributed by atoms with van der Waals surface area (Å²) >= 11 is 0. The number of carboxylic acid groups (broad SMARTS) is 1. The first-order chi connectivity index (χ1) is 20.1. The summed E-state index contributed by atoms with van der Waals surface area (Å²) < 4.78 is 16.4. The first-order valence-electron chi connectivity index (χ1n) is 16.0. The SMILES string of the molecule is CCCCC/C=C\C/C=C\C/C=C\CCCCCCCCC(=O)OC(COCCC(C(=O)O)[N+](C)(C)C)COC(C)=O. The number of esters is 2. The van der Waals surface area contributed by atoms with Crippen molar-refractivity contribution in [2.75, 3.05) is 41.0 Å². The monoisotopic (exact) mass is 594 g/mol. The highest BCUT2D eigenvalue weighted by molar-refractivity contribution is 5.72. The number of allylic oxidation sites excluding steroid dienone is 6. The molecule has 0 spiro atoms. The predicted molar refractivity (Wildman–Crippen MR) is 169 cm³/mol. The Morgan fingerprint density at radius 2 is 1.31 bits per heavy atom. The fourth-order valence-corrected chi connectivity index (χ4v) is 4.35. The van der Waals surface area contributed by atoms with Gasteiger partial charge in [0.2, 0.25) is 0 Å². The van der Waals surface area contributed by atoms with Gasteiger partial charge in [0.25, 0.3) is 0 Å². The molecule has 8 nitrogen and oxygen atoms in total. The van der Waals surface area contributed by atoms with Crippen LogP contribution in [0.15, 0.2) is 36.5 Å². The topological polar surface area (TPSA) is 99.1 Å². The number of carbonyl (C=O) groups excluding carboxylic acids is 2. The number of carboxylic acids is 1.